The van der Waals surface area contributed by atoms with Gasteiger partial charge in [-0.3, -0.25) is 4.99 Å². The smallest absolute Gasteiger partial charge is 0.0759 e. The molecule has 0 aromatic heterocycles. The zero-order valence-electron chi connectivity index (χ0n) is 26.7. The van der Waals surface area contributed by atoms with Crippen LogP contribution in [-0.4, -0.2) is 6.21 Å². The molecule has 5 aromatic carbocycles. The third-order valence-electron chi connectivity index (χ3n) is 9.52. The molecular weight excluding hydrogens is 569 g/mol. The molecule has 1 unspecified atom stereocenters. The first-order valence-corrected chi connectivity index (χ1v) is 16.3. The van der Waals surface area contributed by atoms with E-state index >= 15 is 0 Å². The second kappa shape index (κ2) is 12.9. The van der Waals surface area contributed by atoms with Gasteiger partial charge in [0.1, 0.15) is 0 Å². The van der Waals surface area contributed by atoms with Crippen LogP contribution in [0.1, 0.15) is 46.7 Å². The Morgan fingerprint density at radius 2 is 1.36 bits per heavy atom. The number of aliphatic imine (C=N–C) groups is 1. The highest BCUT2D eigenvalue weighted by Gasteiger charge is 2.48. The van der Waals surface area contributed by atoms with Crippen molar-refractivity contribution < 1.29 is 0 Å². The number of nitrogens with zero attached hydrogens (tertiary/aromatic N) is 1. The Hall–Kier alpha value is -5.73. The van der Waals surface area contributed by atoms with E-state index in [2.05, 4.69) is 153 Å². The maximum atomic E-state index is 6.11. The molecule has 0 bridgehead atoms. The van der Waals surface area contributed by atoms with Gasteiger partial charge in [-0.25, -0.2) is 0 Å². The summed E-state index contributed by atoms with van der Waals surface area (Å²) in [6.45, 7) is 6.16. The van der Waals surface area contributed by atoms with Gasteiger partial charge in [0.25, 0.3) is 0 Å². The van der Waals surface area contributed by atoms with E-state index in [1.165, 1.54) is 50.1 Å². The first-order chi connectivity index (χ1) is 23.2. The molecule has 2 aliphatic rings. The van der Waals surface area contributed by atoms with Crippen LogP contribution in [0.3, 0.4) is 0 Å². The van der Waals surface area contributed by atoms with E-state index < -0.39 is 5.41 Å². The molecule has 7 rings (SSSR count). The van der Waals surface area contributed by atoms with Crippen molar-refractivity contribution in [2.45, 2.75) is 18.8 Å². The second-order valence-electron chi connectivity index (χ2n) is 12.2. The summed E-state index contributed by atoms with van der Waals surface area (Å²) < 4.78 is 0. The minimum absolute atomic E-state index is 0.350. The molecule has 0 fully saturated rings. The first-order valence-electron chi connectivity index (χ1n) is 16.3. The van der Waals surface area contributed by atoms with Crippen molar-refractivity contribution >= 4 is 23.0 Å². The molecule has 0 radical (unpaired) electrons. The lowest BCUT2D eigenvalue weighted by Gasteiger charge is -2.35. The zero-order chi connectivity index (χ0) is 32.2. The van der Waals surface area contributed by atoms with E-state index in [0.29, 0.717) is 5.92 Å². The molecule has 5 aromatic rings. The molecule has 0 saturated carbocycles. The normalized spacial score (nSPS) is 16.9. The standard InChI is InChI=1S/C45H38N2/c1-3-4-16-33(30-46)31-47-44-39(35-25-26-38(32(2)29-35)34-17-8-5-9-18-34)27-28-41-40-23-14-15-24-42(40)45(43(41)44,36-19-10-6-11-20-36)37-21-12-7-13-22-37/h3-28,30-32H,1,29,46H2,2H3/b16-4-,33-30?,47-31?. The van der Waals surface area contributed by atoms with Gasteiger partial charge in [0.05, 0.1) is 11.1 Å². The van der Waals surface area contributed by atoms with Gasteiger partial charge < -0.3 is 5.73 Å². The van der Waals surface area contributed by atoms with Crippen LogP contribution in [0.5, 0.6) is 0 Å². The first kappa shape index (κ1) is 30.0. The summed E-state index contributed by atoms with van der Waals surface area (Å²) in [4.78, 5) is 5.39. The van der Waals surface area contributed by atoms with E-state index in [1.54, 1.807) is 12.3 Å². The van der Waals surface area contributed by atoms with Crippen LogP contribution in [0.2, 0.25) is 0 Å². The van der Waals surface area contributed by atoms with Crippen LogP contribution in [-0.2, 0) is 5.41 Å². The maximum absolute atomic E-state index is 6.11. The Morgan fingerprint density at radius 3 is 2.00 bits per heavy atom. The molecule has 0 spiro atoms. The Morgan fingerprint density at radius 1 is 0.745 bits per heavy atom. The van der Waals surface area contributed by atoms with Gasteiger partial charge in [-0.05, 0) is 56.9 Å². The number of allylic oxidation sites excluding steroid dienone is 8. The third kappa shape index (κ3) is 5.22. The van der Waals surface area contributed by atoms with E-state index in [9.17, 15) is 0 Å². The number of hydrogen-bond acceptors (Lipinski definition) is 2. The summed E-state index contributed by atoms with van der Waals surface area (Å²) in [7, 11) is 0. The molecule has 0 amide bonds. The second-order valence-corrected chi connectivity index (χ2v) is 12.2. The highest BCUT2D eigenvalue weighted by molar-refractivity contribution is 5.97. The highest BCUT2D eigenvalue weighted by atomic mass is 14.8. The van der Waals surface area contributed by atoms with E-state index in [4.69, 9.17) is 10.7 Å². The number of rotatable bonds is 8. The predicted molar refractivity (Wildman–Crippen MR) is 200 cm³/mol. The van der Waals surface area contributed by atoms with Gasteiger partial charge in [0.2, 0.25) is 0 Å². The Balaban J connectivity index is 1.55. The zero-order valence-corrected chi connectivity index (χ0v) is 26.7. The van der Waals surface area contributed by atoms with Gasteiger partial charge >= 0.3 is 0 Å². The lowest BCUT2D eigenvalue weighted by molar-refractivity contribution is 0.763. The van der Waals surface area contributed by atoms with Crippen LogP contribution >= 0.6 is 0 Å². The maximum Gasteiger partial charge on any atom is 0.0759 e. The largest absolute Gasteiger partial charge is 0.404 e. The van der Waals surface area contributed by atoms with E-state index in [1.807, 2.05) is 18.4 Å². The van der Waals surface area contributed by atoms with Crippen LogP contribution in [0.15, 0.2) is 181 Å². The van der Waals surface area contributed by atoms with Crippen molar-refractivity contribution in [1.82, 2.24) is 0 Å². The summed E-state index contributed by atoms with van der Waals surface area (Å²) in [6.07, 6.45) is 14.6. The fraction of sp³-hybridized carbons (Fsp3) is 0.0889. The minimum Gasteiger partial charge on any atom is -0.404 e. The molecule has 2 aliphatic carbocycles. The van der Waals surface area contributed by atoms with Crippen LogP contribution in [0.4, 0.5) is 5.69 Å². The summed E-state index contributed by atoms with van der Waals surface area (Å²) >= 11 is 0. The fourth-order valence-electron chi connectivity index (χ4n) is 7.44. The molecule has 0 saturated heterocycles. The molecule has 1 atom stereocenters. The molecular formula is C45H38N2. The van der Waals surface area contributed by atoms with Gasteiger partial charge in [-0.1, -0.05) is 171 Å². The number of benzene rings is 5. The Bertz CT molecular complexity index is 2040. The topological polar surface area (TPSA) is 38.4 Å². The average molecular weight is 607 g/mol. The SMILES string of the molecule is C=C/C=C\C(C=Nc1c(C2=CC=C(c3ccccc3)C(C)C2)ccc2c1C(c1ccccc1)(c1ccccc1)c1ccccc1-2)=CN. The summed E-state index contributed by atoms with van der Waals surface area (Å²) in [5.41, 5.74) is 19.7. The quantitative estimate of drug-likeness (QED) is 0.136. The predicted octanol–water partition coefficient (Wildman–Crippen LogP) is 10.8. The molecule has 228 valence electrons. The van der Waals surface area contributed by atoms with Crippen molar-refractivity contribution in [3.63, 3.8) is 0 Å². The van der Waals surface area contributed by atoms with Crippen molar-refractivity contribution in [2.24, 2.45) is 16.6 Å². The van der Waals surface area contributed by atoms with Gasteiger partial charge in [-0.15, -0.1) is 0 Å². The van der Waals surface area contributed by atoms with E-state index in [0.717, 1.165) is 23.2 Å². The van der Waals surface area contributed by atoms with Crippen LogP contribution < -0.4 is 5.73 Å². The average Bonchev–Trinajstić information content (AvgIpc) is 3.44. The summed E-state index contributed by atoms with van der Waals surface area (Å²) in [5.74, 6) is 0.350. The van der Waals surface area contributed by atoms with Gasteiger partial charge in [-0.2, -0.15) is 0 Å². The van der Waals surface area contributed by atoms with Crippen molar-refractivity contribution in [2.75, 3.05) is 0 Å². The molecule has 2 heteroatoms. The van der Waals surface area contributed by atoms with Crippen molar-refractivity contribution in [3.8, 4) is 11.1 Å². The van der Waals surface area contributed by atoms with Crippen LogP contribution in [0.25, 0.3) is 22.3 Å². The number of hydrogen-bond donors (Lipinski definition) is 1. The molecule has 2 nitrogen and oxygen atoms in total. The fourth-order valence-corrected chi connectivity index (χ4v) is 7.44. The minimum atomic E-state index is -0.577. The Kier molecular flexibility index (Phi) is 8.25. The van der Waals surface area contributed by atoms with E-state index in [-0.39, 0.29) is 0 Å². The van der Waals surface area contributed by atoms with Gasteiger partial charge in [0.15, 0.2) is 0 Å². The lowest BCUT2D eigenvalue weighted by atomic mass is 9.66. The number of fused-ring (bicyclic) bond motifs is 3. The molecule has 0 heterocycles. The third-order valence-corrected chi connectivity index (χ3v) is 9.52. The summed E-state index contributed by atoms with van der Waals surface area (Å²) in [6, 6.07) is 45.9. The Labute approximate surface area is 278 Å². The van der Waals surface area contributed by atoms with Gasteiger partial charge in [0, 0.05) is 29.1 Å². The molecule has 0 aliphatic heterocycles. The van der Waals surface area contributed by atoms with Crippen molar-refractivity contribution in [3.05, 3.63) is 210 Å². The molecule has 2 N–H and O–H groups in total. The highest BCUT2D eigenvalue weighted by Crippen LogP contribution is 2.60. The summed E-state index contributed by atoms with van der Waals surface area (Å²) in [5, 5.41) is 0. The lowest BCUT2D eigenvalue weighted by Crippen LogP contribution is -2.29. The number of nitrogens with two attached hydrogens (primary N) is 1. The van der Waals surface area contributed by atoms with Crippen LogP contribution in [0, 0.1) is 5.92 Å². The molecule has 47 heavy (non-hydrogen) atoms. The monoisotopic (exact) mass is 606 g/mol. The van der Waals surface area contributed by atoms with Crippen molar-refractivity contribution in [1.29, 1.82) is 0 Å².